The molecule has 1 fully saturated rings. The monoisotopic (exact) mass is 317 g/mol. The van der Waals surface area contributed by atoms with Crippen LogP contribution in [0.2, 0.25) is 0 Å². The smallest absolute Gasteiger partial charge is 0.220 e. The number of nitrogens with zero attached hydrogens (tertiary/aromatic N) is 2. The van der Waals surface area contributed by atoms with Crippen LogP contribution in [0.3, 0.4) is 0 Å². The van der Waals surface area contributed by atoms with Crippen LogP contribution in [-0.4, -0.2) is 35.4 Å². The summed E-state index contributed by atoms with van der Waals surface area (Å²) in [5.74, 6) is 1.26. The summed E-state index contributed by atoms with van der Waals surface area (Å²) in [6.07, 6.45) is 7.54. The fourth-order valence-electron chi connectivity index (χ4n) is 3.35. The van der Waals surface area contributed by atoms with E-state index in [9.17, 15) is 4.79 Å². The molecule has 1 aromatic heterocycles. The standard InChI is InChI=1S/C19H31N3O/c1-4-22-10-7-16(8-11-22)13-19(23)21-18(12-15(2)3)17-6-5-9-20-14-17/h5-6,9,14-16,18H,4,7-8,10-13H2,1-3H3,(H,21,23)/t18-/m0/s1. The van der Waals surface area contributed by atoms with Gasteiger partial charge in [-0.1, -0.05) is 26.8 Å². The largest absolute Gasteiger partial charge is 0.349 e. The number of hydrogen-bond acceptors (Lipinski definition) is 3. The number of rotatable bonds is 7. The van der Waals surface area contributed by atoms with Crippen LogP contribution >= 0.6 is 0 Å². The highest BCUT2D eigenvalue weighted by molar-refractivity contribution is 5.76. The highest BCUT2D eigenvalue weighted by Gasteiger charge is 2.22. The topological polar surface area (TPSA) is 45.2 Å². The van der Waals surface area contributed by atoms with Crippen molar-refractivity contribution in [2.24, 2.45) is 11.8 Å². The zero-order valence-electron chi connectivity index (χ0n) is 14.8. The van der Waals surface area contributed by atoms with Gasteiger partial charge in [0, 0.05) is 18.8 Å². The summed E-state index contributed by atoms with van der Waals surface area (Å²) in [5.41, 5.74) is 1.11. The Labute approximate surface area is 140 Å². The Balaban J connectivity index is 1.88. The molecule has 128 valence electrons. The van der Waals surface area contributed by atoms with Crippen LogP contribution in [-0.2, 0) is 4.79 Å². The van der Waals surface area contributed by atoms with Gasteiger partial charge in [-0.05, 0) is 62.4 Å². The second-order valence-electron chi connectivity index (χ2n) is 7.12. The van der Waals surface area contributed by atoms with Crippen LogP contribution in [0.4, 0.5) is 0 Å². The molecule has 2 heterocycles. The van der Waals surface area contributed by atoms with Gasteiger partial charge in [-0.3, -0.25) is 9.78 Å². The Morgan fingerprint density at radius 2 is 2.13 bits per heavy atom. The summed E-state index contributed by atoms with van der Waals surface area (Å²) in [6, 6.07) is 4.07. The first-order chi connectivity index (χ1) is 11.1. The number of carbonyl (C=O) groups is 1. The fraction of sp³-hybridized carbons (Fsp3) is 0.684. The average Bonchev–Trinajstić information content (AvgIpc) is 2.55. The zero-order valence-corrected chi connectivity index (χ0v) is 14.8. The van der Waals surface area contributed by atoms with Crippen LogP contribution in [0.25, 0.3) is 0 Å². The number of nitrogens with one attached hydrogen (secondary N) is 1. The molecule has 1 aliphatic rings. The van der Waals surface area contributed by atoms with Crippen molar-refractivity contribution in [3.63, 3.8) is 0 Å². The van der Waals surface area contributed by atoms with E-state index in [-0.39, 0.29) is 11.9 Å². The molecule has 0 unspecified atom stereocenters. The SMILES string of the molecule is CCN1CCC(CC(=O)N[C@@H](CC(C)C)c2cccnc2)CC1. The lowest BCUT2D eigenvalue weighted by atomic mass is 9.92. The van der Waals surface area contributed by atoms with Gasteiger partial charge >= 0.3 is 0 Å². The molecule has 23 heavy (non-hydrogen) atoms. The molecule has 2 rings (SSSR count). The quantitative estimate of drug-likeness (QED) is 0.838. The summed E-state index contributed by atoms with van der Waals surface area (Å²) in [7, 11) is 0. The van der Waals surface area contributed by atoms with Gasteiger partial charge in [0.25, 0.3) is 0 Å². The van der Waals surface area contributed by atoms with Crippen LogP contribution in [0.15, 0.2) is 24.5 Å². The summed E-state index contributed by atoms with van der Waals surface area (Å²) in [5, 5.41) is 3.24. The molecule has 0 aromatic carbocycles. The maximum atomic E-state index is 12.5. The lowest BCUT2D eigenvalue weighted by Crippen LogP contribution is -2.36. The van der Waals surface area contributed by atoms with Gasteiger partial charge in [0.1, 0.15) is 0 Å². The third-order valence-electron chi connectivity index (χ3n) is 4.76. The van der Waals surface area contributed by atoms with Crippen LogP contribution in [0.1, 0.15) is 58.1 Å². The number of hydrogen-bond donors (Lipinski definition) is 1. The molecular formula is C19H31N3O. The lowest BCUT2D eigenvalue weighted by Gasteiger charge is -2.31. The Morgan fingerprint density at radius 3 is 2.70 bits per heavy atom. The number of piperidine rings is 1. The van der Waals surface area contributed by atoms with Gasteiger partial charge in [0.15, 0.2) is 0 Å². The van der Waals surface area contributed by atoms with Crippen molar-refractivity contribution in [3.8, 4) is 0 Å². The number of amides is 1. The molecule has 1 amide bonds. The zero-order chi connectivity index (χ0) is 16.7. The number of pyridine rings is 1. The summed E-state index contributed by atoms with van der Waals surface area (Å²) in [6.45, 7) is 9.97. The normalized spacial score (nSPS) is 18.1. The van der Waals surface area contributed by atoms with Crippen molar-refractivity contribution < 1.29 is 4.79 Å². The average molecular weight is 317 g/mol. The van der Waals surface area contributed by atoms with E-state index in [1.807, 2.05) is 12.3 Å². The number of aromatic nitrogens is 1. The minimum absolute atomic E-state index is 0.0759. The molecule has 1 N–H and O–H groups in total. The lowest BCUT2D eigenvalue weighted by molar-refractivity contribution is -0.123. The summed E-state index contributed by atoms with van der Waals surface area (Å²) < 4.78 is 0. The van der Waals surface area contributed by atoms with E-state index in [1.54, 1.807) is 6.20 Å². The van der Waals surface area contributed by atoms with Crippen LogP contribution < -0.4 is 5.32 Å². The number of likely N-dealkylation sites (tertiary alicyclic amines) is 1. The molecular weight excluding hydrogens is 286 g/mol. The maximum absolute atomic E-state index is 12.5. The second kappa shape index (κ2) is 9.02. The highest BCUT2D eigenvalue weighted by Crippen LogP contribution is 2.23. The van der Waals surface area contributed by atoms with E-state index in [0.29, 0.717) is 18.3 Å². The van der Waals surface area contributed by atoms with E-state index >= 15 is 0 Å². The highest BCUT2D eigenvalue weighted by atomic mass is 16.1. The van der Waals surface area contributed by atoms with Gasteiger partial charge < -0.3 is 10.2 Å². The summed E-state index contributed by atoms with van der Waals surface area (Å²) >= 11 is 0. The van der Waals surface area contributed by atoms with E-state index < -0.39 is 0 Å². The van der Waals surface area contributed by atoms with Crippen molar-refractivity contribution in [1.29, 1.82) is 0 Å². The second-order valence-corrected chi connectivity index (χ2v) is 7.12. The third-order valence-corrected chi connectivity index (χ3v) is 4.76. The molecule has 0 spiro atoms. The van der Waals surface area contributed by atoms with Gasteiger partial charge in [-0.25, -0.2) is 0 Å². The minimum atomic E-state index is 0.0759. The van der Waals surface area contributed by atoms with Crippen molar-refractivity contribution in [1.82, 2.24) is 15.2 Å². The van der Waals surface area contributed by atoms with E-state index in [4.69, 9.17) is 0 Å². The maximum Gasteiger partial charge on any atom is 0.220 e. The molecule has 1 saturated heterocycles. The van der Waals surface area contributed by atoms with Crippen molar-refractivity contribution in [2.75, 3.05) is 19.6 Å². The Bertz CT molecular complexity index is 467. The molecule has 0 radical (unpaired) electrons. The minimum Gasteiger partial charge on any atom is -0.349 e. The molecule has 1 aromatic rings. The van der Waals surface area contributed by atoms with Crippen molar-refractivity contribution in [3.05, 3.63) is 30.1 Å². The van der Waals surface area contributed by atoms with E-state index in [1.165, 1.54) is 0 Å². The van der Waals surface area contributed by atoms with Gasteiger partial charge in [0.2, 0.25) is 5.91 Å². The van der Waals surface area contributed by atoms with Crippen LogP contribution in [0, 0.1) is 11.8 Å². The van der Waals surface area contributed by atoms with E-state index in [2.05, 4.69) is 42.0 Å². The van der Waals surface area contributed by atoms with Crippen molar-refractivity contribution >= 4 is 5.91 Å². The third kappa shape index (κ3) is 5.94. The molecule has 1 aliphatic heterocycles. The molecule has 0 bridgehead atoms. The predicted molar refractivity (Wildman–Crippen MR) is 94.0 cm³/mol. The first-order valence-corrected chi connectivity index (χ1v) is 9.00. The van der Waals surface area contributed by atoms with Gasteiger partial charge in [-0.2, -0.15) is 0 Å². The molecule has 1 atom stereocenters. The fourth-order valence-corrected chi connectivity index (χ4v) is 3.35. The Morgan fingerprint density at radius 1 is 1.39 bits per heavy atom. The summed E-state index contributed by atoms with van der Waals surface area (Å²) in [4.78, 5) is 19.1. The Kier molecular flexibility index (Phi) is 7.03. The van der Waals surface area contributed by atoms with Crippen LogP contribution in [0.5, 0.6) is 0 Å². The molecule has 4 nitrogen and oxygen atoms in total. The molecule has 0 saturated carbocycles. The van der Waals surface area contributed by atoms with Crippen molar-refractivity contribution in [2.45, 2.75) is 52.5 Å². The van der Waals surface area contributed by atoms with Gasteiger partial charge in [-0.15, -0.1) is 0 Å². The predicted octanol–water partition coefficient (Wildman–Crippen LogP) is 3.41. The molecule has 4 heteroatoms. The van der Waals surface area contributed by atoms with E-state index in [0.717, 1.165) is 44.5 Å². The van der Waals surface area contributed by atoms with Gasteiger partial charge in [0.05, 0.1) is 6.04 Å². The Hall–Kier alpha value is -1.42. The first-order valence-electron chi connectivity index (χ1n) is 9.00. The first kappa shape index (κ1) is 17.9. The number of carbonyl (C=O) groups excluding carboxylic acids is 1. The molecule has 0 aliphatic carbocycles.